The van der Waals surface area contributed by atoms with Crippen LogP contribution in [-0.4, -0.2) is 55.1 Å². The minimum absolute atomic E-state index is 0.129. The minimum Gasteiger partial charge on any atom is -0.326 e. The largest absolute Gasteiger partial charge is 0.326 e. The monoisotopic (exact) mass is 685 g/mol. The molecule has 0 spiro atoms. The number of rotatable bonds is 11. The van der Waals surface area contributed by atoms with E-state index in [0.29, 0.717) is 56.0 Å². The topological polar surface area (TPSA) is 124 Å². The maximum absolute atomic E-state index is 11.5. The van der Waals surface area contributed by atoms with E-state index < -0.39 is 31.7 Å². The standard InChI is InChI=1S/C25H28Cl4N4O6S2/c1-3-30-20-11-16(26)18(28)13-22(20)32(7-5-9-40(34,35)36)24(30)15-25-31(4-2)21-12-17(27)19(29)14-23(21)33(25)8-6-10-41(37,38)39/h11-15H,3-10H2,1-2H3,(H-,34,35,36,37,38,39)/p+1. The Bertz CT molecular complexity index is 1740. The Kier molecular flexibility index (Phi) is 9.77. The van der Waals surface area contributed by atoms with Gasteiger partial charge in [-0.2, -0.15) is 16.8 Å². The van der Waals surface area contributed by atoms with Crippen molar-refractivity contribution in [3.05, 3.63) is 56.0 Å². The Hall–Kier alpha value is -1.77. The number of anilines is 2. The number of aromatic nitrogens is 2. The number of aryl methyl sites for hydroxylation is 2. The Morgan fingerprint density at radius 3 is 1.88 bits per heavy atom. The van der Waals surface area contributed by atoms with Gasteiger partial charge in [-0.05, 0) is 32.4 Å². The average molecular weight is 687 g/mol. The molecule has 41 heavy (non-hydrogen) atoms. The molecule has 0 radical (unpaired) electrons. The molecular formula is C25H29Cl4N4O6S2+. The number of imidazole rings is 1. The molecule has 0 saturated heterocycles. The Morgan fingerprint density at radius 2 is 1.32 bits per heavy atom. The molecule has 1 aliphatic rings. The van der Waals surface area contributed by atoms with Gasteiger partial charge >= 0.3 is 0 Å². The Balaban J connectivity index is 1.94. The molecule has 0 atom stereocenters. The van der Waals surface area contributed by atoms with Crippen LogP contribution in [0.3, 0.4) is 0 Å². The van der Waals surface area contributed by atoms with Crippen molar-refractivity contribution in [3.63, 3.8) is 0 Å². The van der Waals surface area contributed by atoms with E-state index in [0.717, 1.165) is 11.2 Å². The second-order valence-corrected chi connectivity index (χ2v) is 14.2. The highest BCUT2D eigenvalue weighted by molar-refractivity contribution is 7.86. The Labute approximate surface area is 259 Å². The third-order valence-corrected chi connectivity index (χ3v) is 9.82. The molecule has 0 aliphatic carbocycles. The fourth-order valence-corrected chi connectivity index (χ4v) is 6.69. The van der Waals surface area contributed by atoms with E-state index in [-0.39, 0.29) is 25.9 Å². The van der Waals surface area contributed by atoms with Crippen LogP contribution in [-0.2, 0) is 33.3 Å². The summed E-state index contributed by atoms with van der Waals surface area (Å²) in [7, 11) is -8.36. The molecule has 10 nitrogen and oxygen atoms in total. The predicted octanol–water partition coefficient (Wildman–Crippen LogP) is 5.76. The van der Waals surface area contributed by atoms with Gasteiger partial charge < -0.3 is 9.80 Å². The summed E-state index contributed by atoms with van der Waals surface area (Å²) in [5.74, 6) is 0.520. The zero-order valence-electron chi connectivity index (χ0n) is 22.2. The van der Waals surface area contributed by atoms with Gasteiger partial charge in [-0.25, -0.2) is 9.13 Å². The van der Waals surface area contributed by atoms with Crippen LogP contribution in [0.25, 0.3) is 17.1 Å². The Morgan fingerprint density at radius 1 is 0.780 bits per heavy atom. The van der Waals surface area contributed by atoms with Crippen LogP contribution in [0.4, 0.5) is 11.4 Å². The van der Waals surface area contributed by atoms with E-state index in [2.05, 4.69) is 0 Å². The molecule has 1 aromatic heterocycles. The van der Waals surface area contributed by atoms with Gasteiger partial charge in [0.1, 0.15) is 5.82 Å². The second-order valence-electron chi connectivity index (χ2n) is 9.44. The molecule has 0 saturated carbocycles. The van der Waals surface area contributed by atoms with Crippen molar-refractivity contribution in [3.8, 4) is 0 Å². The number of halogens is 4. The van der Waals surface area contributed by atoms with E-state index in [4.69, 9.17) is 46.4 Å². The maximum Gasteiger partial charge on any atom is 0.286 e. The van der Waals surface area contributed by atoms with Crippen molar-refractivity contribution < 1.29 is 30.5 Å². The number of nitrogens with zero attached hydrogens (tertiary/aromatic N) is 4. The molecule has 0 amide bonds. The minimum atomic E-state index is -4.18. The van der Waals surface area contributed by atoms with Crippen molar-refractivity contribution in [2.75, 3.05) is 34.4 Å². The zero-order valence-corrected chi connectivity index (χ0v) is 26.8. The fourth-order valence-electron chi connectivity index (χ4n) is 5.07. The highest BCUT2D eigenvalue weighted by atomic mass is 35.5. The molecule has 0 fully saturated rings. The summed E-state index contributed by atoms with van der Waals surface area (Å²) in [6.07, 6.45) is 2.17. The van der Waals surface area contributed by atoms with E-state index in [9.17, 15) is 25.9 Å². The van der Waals surface area contributed by atoms with Crippen LogP contribution in [0.15, 0.2) is 30.1 Å². The lowest BCUT2D eigenvalue weighted by atomic mass is 10.2. The van der Waals surface area contributed by atoms with Crippen molar-refractivity contribution in [1.82, 2.24) is 4.57 Å². The van der Waals surface area contributed by atoms with E-state index in [1.54, 1.807) is 24.3 Å². The van der Waals surface area contributed by atoms with Gasteiger partial charge in [-0.1, -0.05) is 46.4 Å². The van der Waals surface area contributed by atoms with E-state index in [1.807, 2.05) is 38.9 Å². The number of hydrogen-bond donors (Lipinski definition) is 2. The SMILES string of the molecule is CCN1C(=Cc2n(CC)c3cc(Cl)c(Cl)cc3[n+]2CCCS(=O)(=O)O)N(CCCS(=O)(=O)O)c2cc(Cl)c(Cl)cc21. The molecule has 2 N–H and O–H groups in total. The van der Waals surface area contributed by atoms with Gasteiger partial charge in [0.05, 0.1) is 62.1 Å². The maximum atomic E-state index is 11.5. The lowest BCUT2D eigenvalue weighted by Crippen LogP contribution is -2.38. The van der Waals surface area contributed by atoms with Crippen molar-refractivity contribution in [2.45, 2.75) is 39.8 Å². The van der Waals surface area contributed by atoms with Gasteiger partial charge in [0, 0.05) is 31.6 Å². The van der Waals surface area contributed by atoms with Crippen LogP contribution >= 0.6 is 46.4 Å². The lowest BCUT2D eigenvalue weighted by molar-refractivity contribution is -0.673. The molecule has 16 heteroatoms. The highest BCUT2D eigenvalue weighted by Gasteiger charge is 2.34. The first-order valence-corrected chi connectivity index (χ1v) is 17.5. The van der Waals surface area contributed by atoms with Crippen molar-refractivity contribution >= 4 is 95.1 Å². The average Bonchev–Trinajstić information content (AvgIpc) is 3.29. The summed E-state index contributed by atoms with van der Waals surface area (Å²) in [6, 6.07) is 6.92. The van der Waals surface area contributed by atoms with E-state index in [1.165, 1.54) is 0 Å². The fraction of sp³-hybridized carbons (Fsp3) is 0.400. The van der Waals surface area contributed by atoms with Gasteiger partial charge in [-0.15, -0.1) is 0 Å². The van der Waals surface area contributed by atoms with Crippen LogP contribution < -0.4 is 14.4 Å². The molecule has 0 bridgehead atoms. The lowest BCUT2D eigenvalue weighted by Gasteiger charge is -2.24. The summed E-state index contributed by atoms with van der Waals surface area (Å²) in [5, 5.41) is 1.37. The van der Waals surface area contributed by atoms with Crippen LogP contribution in [0.1, 0.15) is 32.5 Å². The normalized spacial score (nSPS) is 15.0. The smallest absolute Gasteiger partial charge is 0.286 e. The predicted molar refractivity (Wildman–Crippen MR) is 165 cm³/mol. The molecule has 1 aliphatic heterocycles. The highest BCUT2D eigenvalue weighted by Crippen LogP contribution is 2.46. The summed E-state index contributed by atoms with van der Waals surface area (Å²) in [4.78, 5) is 3.91. The summed E-state index contributed by atoms with van der Waals surface area (Å²) < 4.78 is 68.5. The van der Waals surface area contributed by atoms with E-state index >= 15 is 0 Å². The molecule has 3 aromatic rings. The molecule has 4 rings (SSSR count). The molecule has 2 heterocycles. The molecule has 0 unspecified atom stereocenters. The van der Waals surface area contributed by atoms with Crippen LogP contribution in [0, 0.1) is 0 Å². The van der Waals surface area contributed by atoms with Crippen LogP contribution in [0.5, 0.6) is 0 Å². The first kappa shape index (κ1) is 32.2. The summed E-state index contributed by atoms with van der Waals surface area (Å²) in [6.45, 7) is 5.43. The first-order chi connectivity index (χ1) is 19.1. The van der Waals surface area contributed by atoms with Gasteiger partial charge in [0.2, 0.25) is 0 Å². The molecule has 2 aromatic carbocycles. The van der Waals surface area contributed by atoms with Gasteiger partial charge in [0.15, 0.2) is 11.0 Å². The number of hydrogen-bond acceptors (Lipinski definition) is 6. The summed E-state index contributed by atoms with van der Waals surface area (Å²) in [5.41, 5.74) is 2.96. The quantitative estimate of drug-likeness (QED) is 0.193. The molecule has 224 valence electrons. The van der Waals surface area contributed by atoms with Gasteiger partial charge in [-0.3, -0.25) is 9.11 Å². The van der Waals surface area contributed by atoms with Crippen molar-refractivity contribution in [1.29, 1.82) is 0 Å². The first-order valence-electron chi connectivity index (χ1n) is 12.7. The third-order valence-electron chi connectivity index (χ3n) is 6.76. The summed E-state index contributed by atoms with van der Waals surface area (Å²) >= 11 is 25.5. The van der Waals surface area contributed by atoms with Crippen LogP contribution in [0.2, 0.25) is 20.1 Å². The third kappa shape index (κ3) is 7.07. The second kappa shape index (κ2) is 12.5. The zero-order chi connectivity index (χ0) is 30.3. The number of benzene rings is 2. The van der Waals surface area contributed by atoms with Crippen molar-refractivity contribution in [2.24, 2.45) is 0 Å². The van der Waals surface area contributed by atoms with Gasteiger partial charge in [0.25, 0.3) is 26.1 Å². The molecular weight excluding hydrogens is 658 g/mol. The number of fused-ring (bicyclic) bond motifs is 2.